The number of benzene rings is 3. The van der Waals surface area contributed by atoms with Crippen LogP contribution in [0.3, 0.4) is 0 Å². The van der Waals surface area contributed by atoms with Gasteiger partial charge in [-0.05, 0) is 76.7 Å². The molecule has 3 aromatic rings. The van der Waals surface area contributed by atoms with Crippen molar-refractivity contribution in [3.63, 3.8) is 0 Å². The molecule has 0 bridgehead atoms. The highest BCUT2D eigenvalue weighted by Crippen LogP contribution is 2.28. The molecule has 2 atom stereocenters. The third kappa shape index (κ3) is 7.37. The number of hydrogen-bond donors (Lipinski definition) is 3. The van der Waals surface area contributed by atoms with E-state index in [9.17, 15) is 18.8 Å². The minimum atomic E-state index is -1.16. The number of halogens is 2. The molecule has 9 nitrogen and oxygen atoms in total. The zero-order valence-electron chi connectivity index (χ0n) is 21.0. The summed E-state index contributed by atoms with van der Waals surface area (Å²) in [5.74, 6) is -0.481. The van der Waals surface area contributed by atoms with E-state index < -0.39 is 24.2 Å². The Morgan fingerprint density at radius 1 is 1.05 bits per heavy atom. The number of rotatable bonds is 9. The van der Waals surface area contributed by atoms with Gasteiger partial charge in [-0.25, -0.2) is 14.0 Å². The van der Waals surface area contributed by atoms with Crippen molar-refractivity contribution in [3.05, 3.63) is 81.4 Å². The number of carboxylic acid groups (broad SMARTS) is 1. The van der Waals surface area contributed by atoms with Gasteiger partial charge < -0.3 is 30.1 Å². The maximum Gasteiger partial charge on any atom is 0.335 e. The Kier molecular flexibility index (Phi) is 9.23. The number of likely N-dealkylation sites (tertiary alicyclic amines) is 1. The Labute approximate surface area is 238 Å². The number of carbonyl (C=O) groups excluding carboxylic acids is 2. The number of carbonyl (C=O) groups is 3. The van der Waals surface area contributed by atoms with Gasteiger partial charge in [-0.3, -0.25) is 4.79 Å². The van der Waals surface area contributed by atoms with E-state index in [-0.39, 0.29) is 37.5 Å². The number of aromatic carboxylic acids is 1. The molecule has 0 radical (unpaired) electrons. The predicted molar refractivity (Wildman–Crippen MR) is 152 cm³/mol. The van der Waals surface area contributed by atoms with Crippen molar-refractivity contribution >= 4 is 51.9 Å². The number of carboxylic acids is 1. The number of hydrogen-bond acceptors (Lipinski definition) is 5. The molecule has 1 fully saturated rings. The normalized spacial score (nSPS) is 16.4. The maximum absolute atomic E-state index is 14.3. The second kappa shape index (κ2) is 12.8. The Morgan fingerprint density at radius 3 is 2.46 bits per heavy atom. The van der Waals surface area contributed by atoms with Crippen LogP contribution in [0.2, 0.25) is 0 Å². The molecule has 0 saturated carbocycles. The fraction of sp³-hybridized carbons (Fsp3) is 0.250. The summed E-state index contributed by atoms with van der Waals surface area (Å²) in [5.41, 5.74) is 1.88. The lowest BCUT2D eigenvalue weighted by Gasteiger charge is -2.24. The van der Waals surface area contributed by atoms with Gasteiger partial charge in [-0.2, -0.15) is 0 Å². The van der Waals surface area contributed by atoms with Crippen LogP contribution < -0.4 is 20.1 Å². The molecule has 3 amide bonds. The van der Waals surface area contributed by atoms with Crippen molar-refractivity contribution in [1.29, 1.82) is 0 Å². The summed E-state index contributed by atoms with van der Waals surface area (Å²) >= 11 is 2.13. The van der Waals surface area contributed by atoms with Crippen molar-refractivity contribution in [2.75, 3.05) is 30.9 Å². The van der Waals surface area contributed by atoms with Gasteiger partial charge in [-0.15, -0.1) is 0 Å². The van der Waals surface area contributed by atoms with Gasteiger partial charge in [0.2, 0.25) is 5.91 Å². The van der Waals surface area contributed by atoms with Crippen LogP contribution >= 0.6 is 22.6 Å². The number of anilines is 2. The van der Waals surface area contributed by atoms with E-state index >= 15 is 0 Å². The maximum atomic E-state index is 14.3. The number of methoxy groups -OCH3 is 1. The van der Waals surface area contributed by atoms with E-state index in [0.717, 1.165) is 3.57 Å². The van der Waals surface area contributed by atoms with Crippen LogP contribution in [0.1, 0.15) is 22.3 Å². The molecular weight excluding hydrogens is 620 g/mol. The minimum absolute atomic E-state index is 0.0155. The van der Waals surface area contributed by atoms with Crippen molar-refractivity contribution in [3.8, 4) is 11.5 Å². The highest BCUT2D eigenvalue weighted by molar-refractivity contribution is 14.1. The van der Waals surface area contributed by atoms with Crippen LogP contribution in [0, 0.1) is 3.57 Å². The van der Waals surface area contributed by atoms with Crippen LogP contribution in [0.5, 0.6) is 11.5 Å². The monoisotopic (exact) mass is 647 g/mol. The topological polar surface area (TPSA) is 117 Å². The first-order chi connectivity index (χ1) is 18.7. The summed E-state index contributed by atoms with van der Waals surface area (Å²) in [5, 5.41) is 14.6. The van der Waals surface area contributed by atoms with Crippen molar-refractivity contribution in [2.45, 2.75) is 25.1 Å². The number of amides is 3. The van der Waals surface area contributed by atoms with Gasteiger partial charge in [0.05, 0.1) is 43.1 Å². The molecule has 204 valence electrons. The third-order valence-corrected chi connectivity index (χ3v) is 7.16. The number of alkyl halides is 1. The van der Waals surface area contributed by atoms with Crippen molar-refractivity contribution in [2.24, 2.45) is 0 Å². The Hall–Kier alpha value is -3.87. The first kappa shape index (κ1) is 28.1. The van der Waals surface area contributed by atoms with E-state index in [1.54, 1.807) is 24.3 Å². The lowest BCUT2D eigenvalue weighted by Crippen LogP contribution is -2.40. The average Bonchev–Trinajstić information content (AvgIpc) is 3.30. The summed E-state index contributed by atoms with van der Waals surface area (Å²) < 4.78 is 26.3. The highest BCUT2D eigenvalue weighted by atomic mass is 127. The zero-order chi connectivity index (χ0) is 27.9. The number of ether oxygens (including phenoxy) is 2. The van der Waals surface area contributed by atoms with Crippen LogP contribution in [0.25, 0.3) is 0 Å². The molecule has 1 heterocycles. The van der Waals surface area contributed by atoms with Crippen LogP contribution in [-0.2, 0) is 11.2 Å². The number of nitrogens with one attached hydrogen (secondary N) is 2. The van der Waals surface area contributed by atoms with Crippen LogP contribution in [0.4, 0.5) is 20.6 Å². The van der Waals surface area contributed by atoms with E-state index in [0.29, 0.717) is 28.4 Å². The third-order valence-electron chi connectivity index (χ3n) is 6.22. The van der Waals surface area contributed by atoms with Crippen molar-refractivity contribution < 1.29 is 33.4 Å². The molecule has 11 heteroatoms. The average molecular weight is 647 g/mol. The summed E-state index contributed by atoms with van der Waals surface area (Å²) in [6, 6.07) is 17.4. The molecule has 4 rings (SSSR count). The standard InChI is InChI=1S/C28H27FIN3O6/c1-38-25-12-17(6-11-24(25)32-28(37)31-23-5-3-2-4-22(23)30)13-26(34)33-15-19(29)14-20(33)16-39-21-9-7-18(8-10-21)27(35)36/h2-12,19-20H,13-16H2,1H3,(H,35,36)(H2,31,32,37)/t19-,20-/m0/s1. The van der Waals surface area contributed by atoms with Gasteiger partial charge in [0, 0.05) is 9.99 Å². The number of nitrogens with zero attached hydrogens (tertiary/aromatic N) is 1. The summed E-state index contributed by atoms with van der Waals surface area (Å²) in [6.07, 6.45) is -0.994. The van der Waals surface area contributed by atoms with Gasteiger partial charge in [0.25, 0.3) is 0 Å². The highest BCUT2D eigenvalue weighted by Gasteiger charge is 2.35. The second-order valence-electron chi connectivity index (χ2n) is 8.94. The second-order valence-corrected chi connectivity index (χ2v) is 10.1. The van der Waals surface area contributed by atoms with Crippen LogP contribution in [0.15, 0.2) is 66.7 Å². The molecule has 0 aliphatic carbocycles. The molecule has 0 unspecified atom stereocenters. The number of urea groups is 1. The molecule has 1 aliphatic rings. The fourth-order valence-corrected chi connectivity index (χ4v) is 4.79. The predicted octanol–water partition coefficient (Wildman–Crippen LogP) is 5.20. The summed E-state index contributed by atoms with van der Waals surface area (Å²) in [6.45, 7) is 0.0558. The smallest absolute Gasteiger partial charge is 0.335 e. The Morgan fingerprint density at radius 2 is 1.77 bits per heavy atom. The van der Waals surface area contributed by atoms with E-state index in [4.69, 9.17) is 14.6 Å². The van der Waals surface area contributed by atoms with Crippen molar-refractivity contribution in [1.82, 2.24) is 4.90 Å². The van der Waals surface area contributed by atoms with Crippen LogP contribution in [-0.4, -0.2) is 60.4 Å². The van der Waals surface area contributed by atoms with E-state index in [1.165, 1.54) is 36.3 Å². The molecule has 1 aliphatic heterocycles. The summed E-state index contributed by atoms with van der Waals surface area (Å²) in [7, 11) is 1.47. The Balaban J connectivity index is 1.37. The molecule has 3 aromatic carbocycles. The molecular formula is C28H27FIN3O6. The first-order valence-corrected chi connectivity index (χ1v) is 13.2. The summed E-state index contributed by atoms with van der Waals surface area (Å²) in [4.78, 5) is 38.1. The molecule has 0 aromatic heterocycles. The van der Waals surface area contributed by atoms with E-state index in [2.05, 4.69) is 33.2 Å². The first-order valence-electron chi connectivity index (χ1n) is 12.1. The SMILES string of the molecule is COc1cc(CC(=O)N2C[C@@H](F)C[C@H]2COc2ccc(C(=O)O)cc2)ccc1NC(=O)Nc1ccccc1I. The minimum Gasteiger partial charge on any atom is -0.495 e. The molecule has 1 saturated heterocycles. The molecule has 39 heavy (non-hydrogen) atoms. The van der Waals surface area contributed by atoms with Gasteiger partial charge in [0.1, 0.15) is 24.3 Å². The van der Waals surface area contributed by atoms with E-state index in [1.807, 2.05) is 18.2 Å². The lowest BCUT2D eigenvalue weighted by atomic mass is 10.1. The molecule has 0 spiro atoms. The fourth-order valence-electron chi connectivity index (χ4n) is 4.27. The molecule has 3 N–H and O–H groups in total. The van der Waals surface area contributed by atoms with Gasteiger partial charge in [0.15, 0.2) is 0 Å². The Bertz CT molecular complexity index is 1350. The number of para-hydroxylation sites is 1. The lowest BCUT2D eigenvalue weighted by molar-refractivity contribution is -0.132. The largest absolute Gasteiger partial charge is 0.495 e. The zero-order valence-corrected chi connectivity index (χ0v) is 23.2. The van der Waals surface area contributed by atoms with Gasteiger partial charge >= 0.3 is 12.0 Å². The van der Waals surface area contributed by atoms with Gasteiger partial charge in [-0.1, -0.05) is 18.2 Å². The quantitative estimate of drug-likeness (QED) is 0.275.